The molecule has 0 atom stereocenters. The molecule has 0 heterocycles. The molecule has 0 unspecified atom stereocenters. The van der Waals surface area contributed by atoms with Gasteiger partial charge in [-0.3, -0.25) is 0 Å². The van der Waals surface area contributed by atoms with E-state index < -0.39 is 9.28 Å². The first-order valence-corrected chi connectivity index (χ1v) is 10.5. The lowest BCUT2D eigenvalue weighted by atomic mass is 10.1. The predicted molar refractivity (Wildman–Crippen MR) is 96.7 cm³/mol. The van der Waals surface area contributed by atoms with E-state index in [9.17, 15) is 0 Å². The zero-order chi connectivity index (χ0) is 16.0. The van der Waals surface area contributed by atoms with E-state index in [-0.39, 0.29) is 0 Å². The molecule has 0 saturated heterocycles. The Morgan fingerprint density at radius 1 is 0.955 bits per heavy atom. The van der Waals surface area contributed by atoms with Crippen LogP contribution in [0.3, 0.4) is 0 Å². The van der Waals surface area contributed by atoms with Gasteiger partial charge < -0.3 is 8.85 Å². The third-order valence-corrected chi connectivity index (χ3v) is 5.56. The highest BCUT2D eigenvalue weighted by Gasteiger charge is 2.15. The van der Waals surface area contributed by atoms with Crippen LogP contribution in [0.15, 0.2) is 24.3 Å². The number of unbranched alkanes of at least 4 members (excludes halogenated alkanes) is 3. The lowest BCUT2D eigenvalue weighted by Gasteiger charge is -2.15. The van der Waals surface area contributed by atoms with Gasteiger partial charge in [0.2, 0.25) is 0 Å². The Hall–Kier alpha value is -0.353. The molecule has 0 saturated carbocycles. The molecular weight excluding hydrogens is 312 g/mol. The normalized spacial score (nSPS) is 11.3. The van der Waals surface area contributed by atoms with Gasteiger partial charge in [-0.15, -0.1) is 0 Å². The van der Waals surface area contributed by atoms with Crippen molar-refractivity contribution in [3.8, 4) is 0 Å². The maximum atomic E-state index is 6.01. The molecule has 0 aromatic heterocycles. The standard InChI is InChI=1S/C18H30ClO2Si/c1-3-5-13-20-22(21-14-6-4-2)15-8-7-10-17-11-9-12-18(19)16-17/h9,11-12,16H,3-8,10,13-15H2,1-2H3. The highest BCUT2D eigenvalue weighted by atomic mass is 35.5. The van der Waals surface area contributed by atoms with Gasteiger partial charge in [0.1, 0.15) is 0 Å². The van der Waals surface area contributed by atoms with Crippen molar-refractivity contribution in [3.63, 3.8) is 0 Å². The first-order chi connectivity index (χ1) is 10.8. The molecule has 0 aliphatic rings. The Morgan fingerprint density at radius 2 is 1.64 bits per heavy atom. The Bertz CT molecular complexity index is 377. The highest BCUT2D eigenvalue weighted by molar-refractivity contribution is 6.44. The van der Waals surface area contributed by atoms with Crippen molar-refractivity contribution in [1.82, 2.24) is 0 Å². The lowest BCUT2D eigenvalue weighted by molar-refractivity contribution is 0.190. The van der Waals surface area contributed by atoms with E-state index >= 15 is 0 Å². The molecule has 22 heavy (non-hydrogen) atoms. The van der Waals surface area contributed by atoms with E-state index in [0.717, 1.165) is 43.5 Å². The number of rotatable bonds is 13. The van der Waals surface area contributed by atoms with Gasteiger partial charge in [-0.1, -0.05) is 56.8 Å². The van der Waals surface area contributed by atoms with Crippen molar-refractivity contribution in [3.05, 3.63) is 34.9 Å². The van der Waals surface area contributed by atoms with E-state index in [1.165, 1.54) is 31.2 Å². The van der Waals surface area contributed by atoms with Crippen LogP contribution in [-0.4, -0.2) is 22.5 Å². The van der Waals surface area contributed by atoms with Crippen LogP contribution in [0.4, 0.5) is 0 Å². The molecule has 4 heteroatoms. The molecule has 1 aromatic carbocycles. The number of aryl methyl sites for hydroxylation is 1. The summed E-state index contributed by atoms with van der Waals surface area (Å²) in [6.45, 7) is 6.09. The van der Waals surface area contributed by atoms with E-state index in [2.05, 4.69) is 26.0 Å². The third-order valence-electron chi connectivity index (χ3n) is 3.51. The summed E-state index contributed by atoms with van der Waals surface area (Å²) in [6, 6.07) is 9.23. The maximum absolute atomic E-state index is 6.01. The quantitative estimate of drug-likeness (QED) is 0.334. The zero-order valence-corrected chi connectivity index (χ0v) is 15.8. The monoisotopic (exact) mass is 341 g/mol. The Labute approximate surface area is 143 Å². The lowest BCUT2D eigenvalue weighted by Crippen LogP contribution is -2.24. The van der Waals surface area contributed by atoms with Crippen LogP contribution in [0.2, 0.25) is 11.1 Å². The zero-order valence-electron chi connectivity index (χ0n) is 14.1. The van der Waals surface area contributed by atoms with Crippen molar-refractivity contribution in [1.29, 1.82) is 0 Å². The number of hydrogen-bond acceptors (Lipinski definition) is 2. The number of benzene rings is 1. The molecule has 125 valence electrons. The Morgan fingerprint density at radius 3 is 2.23 bits per heavy atom. The number of halogens is 1. The SMILES string of the molecule is CCCCO[Si](CCCCc1cccc(Cl)c1)OCCCC. The summed E-state index contributed by atoms with van der Waals surface area (Å²) in [5.74, 6) is 0. The predicted octanol–water partition coefficient (Wildman–Crippen LogP) is 5.78. The van der Waals surface area contributed by atoms with Gasteiger partial charge >= 0.3 is 9.28 Å². The molecule has 0 fully saturated rings. The summed E-state index contributed by atoms with van der Waals surface area (Å²) in [5.41, 5.74) is 1.32. The van der Waals surface area contributed by atoms with Crippen molar-refractivity contribution in [2.75, 3.05) is 13.2 Å². The smallest absolute Gasteiger partial charge is 0.384 e. The minimum atomic E-state index is -1.08. The van der Waals surface area contributed by atoms with Crippen molar-refractivity contribution >= 4 is 20.9 Å². The fraction of sp³-hybridized carbons (Fsp3) is 0.667. The molecule has 1 radical (unpaired) electrons. The van der Waals surface area contributed by atoms with Gasteiger partial charge in [0.15, 0.2) is 0 Å². The Kier molecular flexibility index (Phi) is 11.7. The van der Waals surface area contributed by atoms with Gasteiger partial charge in [0.05, 0.1) is 0 Å². The van der Waals surface area contributed by atoms with Crippen LogP contribution in [0.1, 0.15) is 57.9 Å². The minimum Gasteiger partial charge on any atom is -0.393 e. The summed E-state index contributed by atoms with van der Waals surface area (Å²) in [7, 11) is -1.08. The van der Waals surface area contributed by atoms with Crippen LogP contribution in [-0.2, 0) is 15.3 Å². The van der Waals surface area contributed by atoms with Crippen molar-refractivity contribution in [2.45, 2.75) is 64.8 Å². The highest BCUT2D eigenvalue weighted by Crippen LogP contribution is 2.14. The van der Waals surface area contributed by atoms with Gasteiger partial charge in [0, 0.05) is 18.2 Å². The summed E-state index contributed by atoms with van der Waals surface area (Å²) in [6.07, 6.45) is 8.04. The second-order valence-corrected chi connectivity index (χ2v) is 7.87. The van der Waals surface area contributed by atoms with Crippen LogP contribution < -0.4 is 0 Å². The average molecular weight is 342 g/mol. The van der Waals surface area contributed by atoms with E-state index in [0.29, 0.717) is 0 Å². The molecule has 0 N–H and O–H groups in total. The molecule has 0 bridgehead atoms. The maximum Gasteiger partial charge on any atom is 0.384 e. The second-order valence-electron chi connectivity index (χ2n) is 5.61. The van der Waals surface area contributed by atoms with Crippen LogP contribution >= 0.6 is 11.6 Å². The molecular formula is C18H30ClO2Si. The molecule has 2 nitrogen and oxygen atoms in total. The van der Waals surface area contributed by atoms with Crippen molar-refractivity contribution in [2.24, 2.45) is 0 Å². The summed E-state index contributed by atoms with van der Waals surface area (Å²) in [5, 5.41) is 0.827. The third kappa shape index (κ3) is 9.62. The van der Waals surface area contributed by atoms with Gasteiger partial charge in [-0.25, -0.2) is 0 Å². The molecule has 0 aliphatic carbocycles. The van der Waals surface area contributed by atoms with Crippen LogP contribution in [0.5, 0.6) is 0 Å². The minimum absolute atomic E-state index is 0.827. The van der Waals surface area contributed by atoms with E-state index in [4.69, 9.17) is 20.5 Å². The first kappa shape index (κ1) is 19.7. The number of hydrogen-bond donors (Lipinski definition) is 0. The Balaban J connectivity index is 2.22. The molecule has 0 amide bonds. The van der Waals surface area contributed by atoms with Gasteiger partial charge in [0.25, 0.3) is 0 Å². The van der Waals surface area contributed by atoms with Gasteiger partial charge in [-0.2, -0.15) is 0 Å². The van der Waals surface area contributed by atoms with Crippen LogP contribution in [0.25, 0.3) is 0 Å². The fourth-order valence-electron chi connectivity index (χ4n) is 2.14. The van der Waals surface area contributed by atoms with E-state index in [1.54, 1.807) is 0 Å². The molecule has 1 aromatic rings. The average Bonchev–Trinajstić information content (AvgIpc) is 2.51. The summed E-state index contributed by atoms with van der Waals surface area (Å²) < 4.78 is 11.9. The summed E-state index contributed by atoms with van der Waals surface area (Å²) in [4.78, 5) is 0. The molecule has 0 aliphatic heterocycles. The van der Waals surface area contributed by atoms with E-state index in [1.807, 2.05) is 12.1 Å². The molecule has 1 rings (SSSR count). The first-order valence-electron chi connectivity index (χ1n) is 8.62. The largest absolute Gasteiger partial charge is 0.393 e. The van der Waals surface area contributed by atoms with Gasteiger partial charge in [-0.05, 0) is 49.4 Å². The van der Waals surface area contributed by atoms with Crippen molar-refractivity contribution < 1.29 is 8.85 Å². The second kappa shape index (κ2) is 13.1. The van der Waals surface area contributed by atoms with Crippen LogP contribution in [0, 0.1) is 0 Å². The molecule has 0 spiro atoms. The topological polar surface area (TPSA) is 18.5 Å². The fourth-order valence-corrected chi connectivity index (χ4v) is 4.01. The summed E-state index contributed by atoms with van der Waals surface area (Å²) >= 11 is 6.01.